The predicted molar refractivity (Wildman–Crippen MR) is 67.2 cm³/mol. The van der Waals surface area contributed by atoms with E-state index in [4.69, 9.17) is 19.7 Å². The third-order valence-corrected chi connectivity index (χ3v) is 2.84. The molecule has 1 heterocycles. The van der Waals surface area contributed by atoms with E-state index in [1.165, 1.54) is 0 Å². The second-order valence-corrected chi connectivity index (χ2v) is 4.16. The summed E-state index contributed by atoms with van der Waals surface area (Å²) >= 11 is 3.40. The number of methoxy groups -OCH3 is 2. The molecule has 0 aliphatic rings. The molecule has 6 heteroatoms. The highest BCUT2D eigenvalue weighted by Crippen LogP contribution is 2.39. The zero-order valence-electron chi connectivity index (χ0n) is 9.36. The van der Waals surface area contributed by atoms with Gasteiger partial charge in [-0.05, 0) is 28.1 Å². The molecule has 0 aliphatic heterocycles. The Kier molecular flexibility index (Phi) is 3.23. The molecule has 0 spiro atoms. The van der Waals surface area contributed by atoms with Crippen LogP contribution in [0.3, 0.4) is 0 Å². The number of nitrogens with two attached hydrogens (primary N) is 1. The van der Waals surface area contributed by atoms with E-state index in [1.54, 1.807) is 26.4 Å². The van der Waals surface area contributed by atoms with Crippen molar-refractivity contribution in [2.45, 2.75) is 0 Å². The summed E-state index contributed by atoms with van der Waals surface area (Å²) in [5.41, 5.74) is 6.31. The molecule has 2 rings (SSSR count). The molecule has 17 heavy (non-hydrogen) atoms. The quantitative estimate of drug-likeness (QED) is 0.943. The van der Waals surface area contributed by atoms with Crippen molar-refractivity contribution in [3.05, 3.63) is 22.7 Å². The van der Waals surface area contributed by atoms with Gasteiger partial charge in [-0.1, -0.05) is 5.16 Å². The number of ether oxygens (including phenoxy) is 2. The molecule has 0 bridgehead atoms. The molecule has 90 valence electrons. The van der Waals surface area contributed by atoms with Crippen molar-refractivity contribution in [2.24, 2.45) is 0 Å². The van der Waals surface area contributed by atoms with E-state index in [9.17, 15) is 0 Å². The SMILES string of the molecule is COc1cc(-c2cc(N)no2)cc(Br)c1OC. The fraction of sp³-hybridized carbons (Fsp3) is 0.182. The van der Waals surface area contributed by atoms with Gasteiger partial charge < -0.3 is 19.7 Å². The van der Waals surface area contributed by atoms with E-state index >= 15 is 0 Å². The van der Waals surface area contributed by atoms with Crippen LogP contribution in [0.2, 0.25) is 0 Å². The molecule has 0 unspecified atom stereocenters. The van der Waals surface area contributed by atoms with Gasteiger partial charge in [0.25, 0.3) is 0 Å². The molecular weight excluding hydrogens is 288 g/mol. The number of halogens is 1. The van der Waals surface area contributed by atoms with Crippen molar-refractivity contribution in [3.63, 3.8) is 0 Å². The molecule has 0 fully saturated rings. The van der Waals surface area contributed by atoms with Gasteiger partial charge in [0.15, 0.2) is 23.1 Å². The van der Waals surface area contributed by atoms with Crippen LogP contribution < -0.4 is 15.2 Å². The van der Waals surface area contributed by atoms with Crippen LogP contribution in [0.4, 0.5) is 5.82 Å². The molecule has 2 aromatic rings. The number of hydrogen-bond acceptors (Lipinski definition) is 5. The van der Waals surface area contributed by atoms with Gasteiger partial charge in [-0.15, -0.1) is 0 Å². The Morgan fingerprint density at radius 3 is 2.53 bits per heavy atom. The summed E-state index contributed by atoms with van der Waals surface area (Å²) in [5.74, 6) is 2.14. The van der Waals surface area contributed by atoms with Gasteiger partial charge in [-0.2, -0.15) is 0 Å². The Balaban J connectivity index is 2.53. The second-order valence-electron chi connectivity index (χ2n) is 3.31. The molecule has 1 aromatic carbocycles. The molecule has 1 aromatic heterocycles. The van der Waals surface area contributed by atoms with Crippen molar-refractivity contribution >= 4 is 21.7 Å². The van der Waals surface area contributed by atoms with E-state index in [2.05, 4.69) is 21.1 Å². The van der Waals surface area contributed by atoms with Crippen LogP contribution in [0.5, 0.6) is 11.5 Å². The lowest BCUT2D eigenvalue weighted by molar-refractivity contribution is 0.353. The van der Waals surface area contributed by atoms with Crippen LogP contribution in [0.1, 0.15) is 0 Å². The lowest BCUT2D eigenvalue weighted by Gasteiger charge is -2.10. The summed E-state index contributed by atoms with van der Waals surface area (Å²) in [4.78, 5) is 0. The number of hydrogen-bond donors (Lipinski definition) is 1. The third-order valence-electron chi connectivity index (χ3n) is 2.25. The standard InChI is InChI=1S/C11H11BrN2O3/c1-15-9-4-6(3-7(12)11(9)16-2)8-5-10(13)14-17-8/h3-5H,1-2H3,(H2,13,14). The summed E-state index contributed by atoms with van der Waals surface area (Å²) in [5, 5.41) is 3.64. The van der Waals surface area contributed by atoms with Crippen molar-refractivity contribution in [1.29, 1.82) is 0 Å². The van der Waals surface area contributed by atoms with E-state index in [0.717, 1.165) is 10.0 Å². The number of benzene rings is 1. The minimum absolute atomic E-state index is 0.339. The summed E-state index contributed by atoms with van der Waals surface area (Å²) in [7, 11) is 3.15. The minimum atomic E-state index is 0.339. The van der Waals surface area contributed by atoms with Crippen LogP contribution in [-0.2, 0) is 0 Å². The maximum atomic E-state index is 5.51. The molecule has 0 radical (unpaired) electrons. The lowest BCUT2D eigenvalue weighted by Crippen LogP contribution is -1.92. The average Bonchev–Trinajstić information content (AvgIpc) is 2.74. The van der Waals surface area contributed by atoms with Gasteiger partial charge in [-0.25, -0.2) is 0 Å². The maximum Gasteiger partial charge on any atom is 0.174 e. The molecular formula is C11H11BrN2O3. The number of anilines is 1. The molecule has 2 N–H and O–H groups in total. The van der Waals surface area contributed by atoms with Gasteiger partial charge in [0.1, 0.15) is 0 Å². The largest absolute Gasteiger partial charge is 0.493 e. The smallest absolute Gasteiger partial charge is 0.174 e. The lowest BCUT2D eigenvalue weighted by atomic mass is 10.1. The first-order valence-electron chi connectivity index (χ1n) is 4.79. The van der Waals surface area contributed by atoms with Crippen LogP contribution in [0, 0.1) is 0 Å². The van der Waals surface area contributed by atoms with Crippen LogP contribution in [-0.4, -0.2) is 19.4 Å². The minimum Gasteiger partial charge on any atom is -0.493 e. The van der Waals surface area contributed by atoms with E-state index in [1.807, 2.05) is 6.07 Å². The monoisotopic (exact) mass is 298 g/mol. The van der Waals surface area contributed by atoms with Crippen molar-refractivity contribution in [1.82, 2.24) is 5.16 Å². The van der Waals surface area contributed by atoms with Gasteiger partial charge >= 0.3 is 0 Å². The second kappa shape index (κ2) is 4.67. The van der Waals surface area contributed by atoms with Crippen LogP contribution in [0.15, 0.2) is 27.2 Å². The molecule has 5 nitrogen and oxygen atoms in total. The molecule has 0 atom stereocenters. The van der Waals surface area contributed by atoms with Gasteiger partial charge in [0.05, 0.1) is 18.7 Å². The molecule has 0 saturated heterocycles. The van der Waals surface area contributed by atoms with Gasteiger partial charge in [0, 0.05) is 11.6 Å². The predicted octanol–water partition coefficient (Wildman–Crippen LogP) is 2.70. The maximum absolute atomic E-state index is 5.51. The third kappa shape index (κ3) is 2.21. The van der Waals surface area contributed by atoms with E-state index in [-0.39, 0.29) is 0 Å². The topological polar surface area (TPSA) is 70.5 Å². The van der Waals surface area contributed by atoms with E-state index < -0.39 is 0 Å². The Morgan fingerprint density at radius 1 is 1.24 bits per heavy atom. The fourth-order valence-corrected chi connectivity index (χ4v) is 2.09. The Hall–Kier alpha value is -1.69. The first-order valence-corrected chi connectivity index (χ1v) is 5.59. The summed E-state index contributed by atoms with van der Waals surface area (Å²) in [6.45, 7) is 0. The molecule has 0 amide bonds. The Morgan fingerprint density at radius 2 is 2.00 bits per heavy atom. The highest BCUT2D eigenvalue weighted by atomic mass is 79.9. The first kappa shape index (κ1) is 11.8. The summed E-state index contributed by atoms with van der Waals surface area (Å²) < 4.78 is 16.3. The van der Waals surface area contributed by atoms with Crippen molar-refractivity contribution < 1.29 is 14.0 Å². The zero-order valence-corrected chi connectivity index (χ0v) is 10.9. The molecule has 0 aliphatic carbocycles. The van der Waals surface area contributed by atoms with Crippen molar-refractivity contribution in [2.75, 3.05) is 20.0 Å². The van der Waals surface area contributed by atoms with Gasteiger partial charge in [-0.3, -0.25) is 0 Å². The summed E-state index contributed by atoms with van der Waals surface area (Å²) in [6.07, 6.45) is 0. The Bertz CT molecular complexity index is 540. The number of nitrogen functional groups attached to an aromatic ring is 1. The van der Waals surface area contributed by atoms with E-state index in [0.29, 0.717) is 23.1 Å². The zero-order chi connectivity index (χ0) is 12.4. The number of aromatic nitrogens is 1. The fourth-order valence-electron chi connectivity index (χ4n) is 1.49. The van der Waals surface area contributed by atoms with Gasteiger partial charge in [0.2, 0.25) is 0 Å². The number of nitrogens with zero attached hydrogens (tertiary/aromatic N) is 1. The molecule has 0 saturated carbocycles. The summed E-state index contributed by atoms with van der Waals surface area (Å²) in [6, 6.07) is 5.29. The Labute approximate surface area is 107 Å². The normalized spacial score (nSPS) is 10.3. The highest BCUT2D eigenvalue weighted by Gasteiger charge is 2.13. The van der Waals surface area contributed by atoms with Crippen molar-refractivity contribution in [3.8, 4) is 22.8 Å². The number of rotatable bonds is 3. The first-order chi connectivity index (χ1) is 8.15. The van der Waals surface area contributed by atoms with Crippen LogP contribution in [0.25, 0.3) is 11.3 Å². The van der Waals surface area contributed by atoms with Crippen LogP contribution >= 0.6 is 15.9 Å². The highest BCUT2D eigenvalue weighted by molar-refractivity contribution is 9.10. The average molecular weight is 299 g/mol.